The highest BCUT2D eigenvalue weighted by molar-refractivity contribution is 6.11. The molecular weight excluding hydrogens is 765 g/mol. The number of rotatable bonds is 8. The number of para-hydroxylation sites is 3. The van der Waals surface area contributed by atoms with Crippen molar-refractivity contribution in [2.75, 3.05) is 4.90 Å². The van der Waals surface area contributed by atoms with Crippen molar-refractivity contribution in [1.82, 2.24) is 4.57 Å². The van der Waals surface area contributed by atoms with E-state index in [1.165, 1.54) is 38.5 Å². The van der Waals surface area contributed by atoms with Gasteiger partial charge in [0, 0.05) is 49.9 Å². The molecule has 0 spiro atoms. The molecule has 0 aliphatic heterocycles. The standard InChI is InChI=1S/C60H40N2O/c1-4-13-41(14-5-1)42-23-25-43(26-24-42)44-27-32-49(33-28-44)61(51-36-37-54-53-19-10-11-22-57(53)62(58(54)40-51)48-17-8-3-9-18-48)50-34-29-45(30-35-50)47-31-38-59-56(39-47)55-21-12-20-52(60(55)63-59)46-15-6-2-7-16-46/h1-40H. The summed E-state index contributed by atoms with van der Waals surface area (Å²) in [5.41, 5.74) is 17.8. The number of anilines is 3. The van der Waals surface area contributed by atoms with E-state index in [-0.39, 0.29) is 0 Å². The summed E-state index contributed by atoms with van der Waals surface area (Å²) < 4.78 is 8.90. The molecule has 0 radical (unpaired) electrons. The van der Waals surface area contributed by atoms with E-state index < -0.39 is 0 Å². The molecular formula is C60H40N2O. The van der Waals surface area contributed by atoms with Gasteiger partial charge in [-0.05, 0) is 106 Å². The molecule has 63 heavy (non-hydrogen) atoms. The van der Waals surface area contributed by atoms with Crippen LogP contribution in [0.2, 0.25) is 0 Å². The third kappa shape index (κ3) is 6.46. The Labute approximate surface area is 366 Å². The third-order valence-corrected chi connectivity index (χ3v) is 12.4. The van der Waals surface area contributed by atoms with Crippen LogP contribution in [0.1, 0.15) is 0 Å². The van der Waals surface area contributed by atoms with E-state index in [9.17, 15) is 0 Å². The van der Waals surface area contributed by atoms with Gasteiger partial charge in [0.15, 0.2) is 0 Å². The Morgan fingerprint density at radius 1 is 0.302 bits per heavy atom. The van der Waals surface area contributed by atoms with Gasteiger partial charge in [-0.15, -0.1) is 0 Å². The first kappa shape index (κ1) is 36.5. The topological polar surface area (TPSA) is 21.3 Å². The minimum absolute atomic E-state index is 0.888. The van der Waals surface area contributed by atoms with Crippen LogP contribution in [0.4, 0.5) is 17.1 Å². The first-order chi connectivity index (χ1) is 31.2. The zero-order chi connectivity index (χ0) is 41.7. The van der Waals surface area contributed by atoms with Crippen LogP contribution >= 0.6 is 0 Å². The summed E-state index contributed by atoms with van der Waals surface area (Å²) in [6, 6.07) is 87.0. The Balaban J connectivity index is 0.953. The highest BCUT2D eigenvalue weighted by Gasteiger charge is 2.19. The molecule has 3 nitrogen and oxygen atoms in total. The van der Waals surface area contributed by atoms with Gasteiger partial charge in [0.2, 0.25) is 0 Å². The van der Waals surface area contributed by atoms with Crippen LogP contribution in [-0.2, 0) is 0 Å². The molecule has 0 saturated heterocycles. The predicted octanol–water partition coefficient (Wildman–Crippen LogP) is 16.8. The maximum absolute atomic E-state index is 6.52. The number of hydrogen-bond donors (Lipinski definition) is 0. The molecule has 0 N–H and O–H groups in total. The van der Waals surface area contributed by atoms with Crippen molar-refractivity contribution >= 4 is 60.8 Å². The van der Waals surface area contributed by atoms with Crippen LogP contribution in [0.15, 0.2) is 247 Å². The quantitative estimate of drug-likeness (QED) is 0.153. The molecule has 3 heteroatoms. The van der Waals surface area contributed by atoms with Crippen LogP contribution in [0, 0.1) is 0 Å². The Kier molecular flexibility index (Phi) is 8.83. The van der Waals surface area contributed by atoms with Crippen LogP contribution < -0.4 is 4.90 Å². The summed E-state index contributed by atoms with van der Waals surface area (Å²) in [4.78, 5) is 2.37. The molecule has 0 saturated carbocycles. The summed E-state index contributed by atoms with van der Waals surface area (Å²) >= 11 is 0. The van der Waals surface area contributed by atoms with Gasteiger partial charge in [0.05, 0.1) is 11.0 Å². The second-order valence-corrected chi connectivity index (χ2v) is 16.1. The Morgan fingerprint density at radius 2 is 0.794 bits per heavy atom. The van der Waals surface area contributed by atoms with Crippen molar-refractivity contribution in [2.24, 2.45) is 0 Å². The van der Waals surface area contributed by atoms with Crippen LogP contribution in [0.25, 0.3) is 93.9 Å². The van der Waals surface area contributed by atoms with E-state index in [0.717, 1.165) is 72.5 Å². The molecule has 0 bridgehead atoms. The van der Waals surface area contributed by atoms with Crippen molar-refractivity contribution in [3.8, 4) is 50.2 Å². The number of benzene rings is 10. The maximum atomic E-state index is 6.52. The average Bonchev–Trinajstić information content (AvgIpc) is 3.91. The molecule has 0 atom stereocenters. The van der Waals surface area contributed by atoms with Crippen molar-refractivity contribution in [3.63, 3.8) is 0 Å². The molecule has 10 aromatic carbocycles. The number of furan rings is 1. The number of hydrogen-bond acceptors (Lipinski definition) is 2. The fourth-order valence-electron chi connectivity index (χ4n) is 9.32. The van der Waals surface area contributed by atoms with E-state index in [1.807, 2.05) is 6.07 Å². The fraction of sp³-hybridized carbons (Fsp3) is 0. The Bertz CT molecular complexity index is 3570. The summed E-state index contributed by atoms with van der Waals surface area (Å²) in [6.07, 6.45) is 0. The van der Waals surface area contributed by atoms with Gasteiger partial charge in [0.25, 0.3) is 0 Å². The minimum Gasteiger partial charge on any atom is -0.455 e. The van der Waals surface area contributed by atoms with E-state index in [2.05, 4.69) is 246 Å². The van der Waals surface area contributed by atoms with Gasteiger partial charge < -0.3 is 13.9 Å². The molecule has 2 aromatic heterocycles. The highest BCUT2D eigenvalue weighted by Crippen LogP contribution is 2.42. The second-order valence-electron chi connectivity index (χ2n) is 16.1. The van der Waals surface area contributed by atoms with Crippen LogP contribution in [0.5, 0.6) is 0 Å². The van der Waals surface area contributed by atoms with E-state index in [4.69, 9.17) is 4.42 Å². The summed E-state index contributed by atoms with van der Waals surface area (Å²) in [7, 11) is 0. The van der Waals surface area contributed by atoms with Crippen molar-refractivity contribution < 1.29 is 4.42 Å². The normalized spacial score (nSPS) is 11.5. The Hall–Kier alpha value is -8.40. The second kappa shape index (κ2) is 15.3. The zero-order valence-electron chi connectivity index (χ0n) is 34.4. The van der Waals surface area contributed by atoms with Gasteiger partial charge >= 0.3 is 0 Å². The molecule has 0 amide bonds. The van der Waals surface area contributed by atoms with E-state index in [0.29, 0.717) is 0 Å². The highest BCUT2D eigenvalue weighted by atomic mass is 16.3. The fourth-order valence-corrected chi connectivity index (χ4v) is 9.32. The zero-order valence-corrected chi connectivity index (χ0v) is 34.4. The van der Waals surface area contributed by atoms with Crippen molar-refractivity contribution in [2.45, 2.75) is 0 Å². The number of nitrogens with zero attached hydrogens (tertiary/aromatic N) is 2. The smallest absolute Gasteiger partial charge is 0.143 e. The molecule has 12 aromatic rings. The summed E-state index contributed by atoms with van der Waals surface area (Å²) in [6.45, 7) is 0. The lowest BCUT2D eigenvalue weighted by atomic mass is 9.99. The van der Waals surface area contributed by atoms with E-state index in [1.54, 1.807) is 0 Å². The molecule has 0 aliphatic carbocycles. The molecule has 296 valence electrons. The summed E-state index contributed by atoms with van der Waals surface area (Å²) in [5.74, 6) is 0. The summed E-state index contributed by atoms with van der Waals surface area (Å²) in [5, 5.41) is 4.69. The lowest BCUT2D eigenvalue weighted by Gasteiger charge is -2.26. The van der Waals surface area contributed by atoms with Crippen LogP contribution in [0.3, 0.4) is 0 Å². The van der Waals surface area contributed by atoms with E-state index >= 15 is 0 Å². The van der Waals surface area contributed by atoms with Crippen LogP contribution in [-0.4, -0.2) is 4.57 Å². The maximum Gasteiger partial charge on any atom is 0.143 e. The Morgan fingerprint density at radius 3 is 1.46 bits per heavy atom. The SMILES string of the molecule is c1ccc(-c2ccc(-c3ccc(N(c4ccc(-c5ccc6oc7c(-c8ccccc8)cccc7c6c5)cc4)c4ccc5c6ccccc6n(-c6ccccc6)c5c4)cc3)cc2)cc1. The molecule has 0 fully saturated rings. The van der Waals surface area contributed by atoms with Gasteiger partial charge in [-0.25, -0.2) is 0 Å². The van der Waals surface area contributed by atoms with Gasteiger partial charge in [-0.3, -0.25) is 0 Å². The lowest BCUT2D eigenvalue weighted by molar-refractivity contribution is 0.670. The molecule has 0 unspecified atom stereocenters. The number of fused-ring (bicyclic) bond motifs is 6. The molecule has 2 heterocycles. The first-order valence-electron chi connectivity index (χ1n) is 21.5. The van der Waals surface area contributed by atoms with Gasteiger partial charge in [0.1, 0.15) is 11.2 Å². The lowest BCUT2D eigenvalue weighted by Crippen LogP contribution is -2.10. The third-order valence-electron chi connectivity index (χ3n) is 12.4. The molecule has 0 aliphatic rings. The van der Waals surface area contributed by atoms with Crippen molar-refractivity contribution in [3.05, 3.63) is 243 Å². The minimum atomic E-state index is 0.888. The molecule has 12 rings (SSSR count). The largest absolute Gasteiger partial charge is 0.455 e. The number of aromatic nitrogens is 1. The first-order valence-corrected chi connectivity index (χ1v) is 21.5. The van der Waals surface area contributed by atoms with Gasteiger partial charge in [-0.2, -0.15) is 0 Å². The predicted molar refractivity (Wildman–Crippen MR) is 264 cm³/mol. The monoisotopic (exact) mass is 804 g/mol. The van der Waals surface area contributed by atoms with Crippen molar-refractivity contribution in [1.29, 1.82) is 0 Å². The van der Waals surface area contributed by atoms with Gasteiger partial charge in [-0.1, -0.05) is 176 Å². The average molecular weight is 805 g/mol.